The molecule has 3 fully saturated rings. The summed E-state index contributed by atoms with van der Waals surface area (Å²) in [5, 5.41) is 14.9. The lowest BCUT2D eigenvalue weighted by Gasteiger charge is -2.45. The first-order valence-electron chi connectivity index (χ1n) is 9.63. The summed E-state index contributed by atoms with van der Waals surface area (Å²) in [6.45, 7) is 8.27. The molecule has 136 valence electrons. The molecule has 25 heavy (non-hydrogen) atoms. The quantitative estimate of drug-likeness (QED) is 0.810. The molecule has 0 spiro atoms. The topological polar surface area (TPSA) is 50.7 Å². The Bertz CT molecular complexity index is 615. The van der Waals surface area contributed by atoms with E-state index in [1.807, 2.05) is 12.1 Å². The predicted molar refractivity (Wildman–Crippen MR) is 99.9 cm³/mol. The molecule has 2 N–H and O–H groups in total. The molecule has 4 rings (SSSR count). The summed E-state index contributed by atoms with van der Waals surface area (Å²) in [4.78, 5) is 0. The van der Waals surface area contributed by atoms with Crippen molar-refractivity contribution in [2.45, 2.75) is 88.7 Å². The second-order valence-electron chi connectivity index (χ2n) is 9.14. The van der Waals surface area contributed by atoms with E-state index < -0.39 is 5.60 Å². The van der Waals surface area contributed by atoms with Crippen molar-refractivity contribution in [3.05, 3.63) is 29.8 Å². The van der Waals surface area contributed by atoms with Crippen molar-refractivity contribution >= 4 is 12.6 Å². The van der Waals surface area contributed by atoms with Crippen molar-refractivity contribution in [1.82, 2.24) is 5.32 Å². The molecule has 2 unspecified atom stereocenters. The van der Waals surface area contributed by atoms with Crippen molar-refractivity contribution < 1.29 is 14.4 Å². The van der Waals surface area contributed by atoms with Gasteiger partial charge in [-0.3, -0.25) is 0 Å². The van der Waals surface area contributed by atoms with E-state index in [-0.39, 0.29) is 18.3 Å². The molecule has 5 heteroatoms. The number of nitrogens with one attached hydrogen (secondary N) is 1. The highest BCUT2D eigenvalue weighted by Crippen LogP contribution is 2.40. The molecule has 3 aliphatic rings. The van der Waals surface area contributed by atoms with Gasteiger partial charge in [0.15, 0.2) is 0 Å². The maximum absolute atomic E-state index is 11.3. The van der Waals surface area contributed by atoms with Crippen LogP contribution in [0.2, 0.25) is 0 Å². The first-order chi connectivity index (χ1) is 11.7. The monoisotopic (exact) mass is 343 g/mol. The van der Waals surface area contributed by atoms with Crippen LogP contribution < -0.4 is 10.8 Å². The Balaban J connectivity index is 1.53. The van der Waals surface area contributed by atoms with Crippen LogP contribution in [-0.4, -0.2) is 35.5 Å². The van der Waals surface area contributed by atoms with Crippen molar-refractivity contribution in [3.8, 4) is 0 Å². The first kappa shape index (κ1) is 17.5. The Kier molecular flexibility index (Phi) is 4.08. The van der Waals surface area contributed by atoms with Crippen molar-refractivity contribution in [2.75, 3.05) is 0 Å². The van der Waals surface area contributed by atoms with Gasteiger partial charge >= 0.3 is 7.12 Å². The summed E-state index contributed by atoms with van der Waals surface area (Å²) < 4.78 is 12.3. The zero-order valence-corrected chi connectivity index (χ0v) is 15.8. The number of hydrogen-bond donors (Lipinski definition) is 2. The maximum Gasteiger partial charge on any atom is 0.494 e. The molecular weight excluding hydrogens is 313 g/mol. The van der Waals surface area contributed by atoms with Crippen LogP contribution in [0.1, 0.15) is 65.4 Å². The minimum absolute atomic E-state index is 0.332. The highest BCUT2D eigenvalue weighted by atomic mass is 16.7. The second-order valence-corrected chi connectivity index (χ2v) is 9.14. The van der Waals surface area contributed by atoms with Gasteiger partial charge in [0, 0.05) is 12.1 Å². The molecule has 3 heterocycles. The van der Waals surface area contributed by atoms with Gasteiger partial charge in [-0.1, -0.05) is 30.7 Å². The van der Waals surface area contributed by atoms with Crippen LogP contribution in [0.3, 0.4) is 0 Å². The van der Waals surface area contributed by atoms with E-state index in [0.29, 0.717) is 12.1 Å². The third kappa shape index (κ3) is 3.05. The van der Waals surface area contributed by atoms with Crippen molar-refractivity contribution in [2.24, 2.45) is 0 Å². The molecule has 0 aliphatic carbocycles. The SMILES string of the molecule is CC1(C)OB(c2ccc(C3(O)CC4CCCC(C3)N4)cc2)OC1(C)C. The molecule has 3 aliphatic heterocycles. The highest BCUT2D eigenvalue weighted by molar-refractivity contribution is 6.62. The Hall–Kier alpha value is -0.875. The lowest BCUT2D eigenvalue weighted by atomic mass is 9.72. The Labute approximate surface area is 151 Å². The van der Waals surface area contributed by atoms with Crippen molar-refractivity contribution in [3.63, 3.8) is 0 Å². The fraction of sp³-hybridized carbons (Fsp3) is 0.700. The smallest absolute Gasteiger partial charge is 0.399 e. The molecule has 0 aromatic heterocycles. The zero-order chi connectivity index (χ0) is 17.9. The number of fused-ring (bicyclic) bond motifs is 2. The van der Waals surface area contributed by atoms with Crippen LogP contribution in [-0.2, 0) is 14.9 Å². The fourth-order valence-corrected chi connectivity index (χ4v) is 4.50. The van der Waals surface area contributed by atoms with Gasteiger partial charge in [-0.05, 0) is 64.4 Å². The fourth-order valence-electron chi connectivity index (χ4n) is 4.50. The number of benzene rings is 1. The van der Waals surface area contributed by atoms with Gasteiger partial charge in [-0.2, -0.15) is 0 Å². The molecular formula is C20H30BNO3. The van der Waals surface area contributed by atoms with E-state index in [9.17, 15) is 5.11 Å². The number of hydrogen-bond acceptors (Lipinski definition) is 4. The molecule has 0 saturated carbocycles. The Morgan fingerprint density at radius 2 is 1.48 bits per heavy atom. The molecule has 1 aromatic rings. The van der Waals surface area contributed by atoms with Gasteiger partial charge in [0.25, 0.3) is 0 Å². The Morgan fingerprint density at radius 3 is 2.00 bits per heavy atom. The minimum atomic E-state index is -0.713. The lowest BCUT2D eigenvalue weighted by molar-refractivity contribution is -0.0358. The standard InChI is InChI=1S/C20H30BNO3/c1-18(2)19(3,4)25-21(24-18)15-10-8-14(9-11-15)20(23)12-16-6-5-7-17(13-20)22-16/h8-11,16-17,22-23H,5-7,12-13H2,1-4H3. The third-order valence-electron chi connectivity index (χ3n) is 6.72. The molecule has 0 amide bonds. The van der Waals surface area contributed by atoms with E-state index in [4.69, 9.17) is 9.31 Å². The third-order valence-corrected chi connectivity index (χ3v) is 6.72. The molecule has 3 saturated heterocycles. The maximum atomic E-state index is 11.3. The molecule has 0 radical (unpaired) electrons. The van der Waals surface area contributed by atoms with E-state index in [0.717, 1.165) is 23.9 Å². The minimum Gasteiger partial charge on any atom is -0.399 e. The van der Waals surface area contributed by atoms with Crippen LogP contribution in [0, 0.1) is 0 Å². The summed E-state index contributed by atoms with van der Waals surface area (Å²) in [6, 6.07) is 9.10. The average Bonchev–Trinajstić information content (AvgIpc) is 2.75. The lowest BCUT2D eigenvalue weighted by Crippen LogP contribution is -2.54. The molecule has 4 nitrogen and oxygen atoms in total. The van der Waals surface area contributed by atoms with E-state index in [1.54, 1.807) is 0 Å². The van der Waals surface area contributed by atoms with Gasteiger partial charge in [0.1, 0.15) is 0 Å². The number of aliphatic hydroxyl groups is 1. The molecule has 2 atom stereocenters. The summed E-state index contributed by atoms with van der Waals surface area (Å²) in [7, 11) is -0.346. The van der Waals surface area contributed by atoms with Crippen LogP contribution in [0.4, 0.5) is 0 Å². The van der Waals surface area contributed by atoms with Crippen LogP contribution in [0.25, 0.3) is 0 Å². The van der Waals surface area contributed by atoms with E-state index in [2.05, 4.69) is 45.1 Å². The van der Waals surface area contributed by atoms with Crippen LogP contribution >= 0.6 is 0 Å². The number of piperidine rings is 2. The van der Waals surface area contributed by atoms with Crippen LogP contribution in [0.5, 0.6) is 0 Å². The average molecular weight is 343 g/mol. The number of rotatable bonds is 2. The van der Waals surface area contributed by atoms with E-state index in [1.165, 1.54) is 19.3 Å². The predicted octanol–water partition coefficient (Wildman–Crippen LogP) is 2.48. The van der Waals surface area contributed by atoms with Crippen molar-refractivity contribution in [1.29, 1.82) is 0 Å². The summed E-state index contributed by atoms with van der Waals surface area (Å²) in [5.41, 5.74) is 0.656. The van der Waals surface area contributed by atoms with Gasteiger partial charge in [0.2, 0.25) is 0 Å². The normalized spacial score (nSPS) is 36.4. The first-order valence-corrected chi connectivity index (χ1v) is 9.63. The van der Waals surface area contributed by atoms with Gasteiger partial charge in [0.05, 0.1) is 16.8 Å². The molecule has 1 aromatic carbocycles. The largest absolute Gasteiger partial charge is 0.494 e. The Morgan fingerprint density at radius 1 is 0.960 bits per heavy atom. The molecule has 2 bridgehead atoms. The summed E-state index contributed by atoms with van der Waals surface area (Å²) in [6.07, 6.45) is 5.23. The summed E-state index contributed by atoms with van der Waals surface area (Å²) in [5.74, 6) is 0. The van der Waals surface area contributed by atoms with Gasteiger partial charge in [-0.15, -0.1) is 0 Å². The zero-order valence-electron chi connectivity index (χ0n) is 15.8. The second kappa shape index (κ2) is 5.81. The highest BCUT2D eigenvalue weighted by Gasteiger charge is 2.51. The van der Waals surface area contributed by atoms with Gasteiger partial charge in [-0.25, -0.2) is 0 Å². The van der Waals surface area contributed by atoms with Gasteiger partial charge < -0.3 is 19.7 Å². The van der Waals surface area contributed by atoms with E-state index >= 15 is 0 Å². The summed E-state index contributed by atoms with van der Waals surface area (Å²) >= 11 is 0. The van der Waals surface area contributed by atoms with Crippen LogP contribution in [0.15, 0.2) is 24.3 Å².